The summed E-state index contributed by atoms with van der Waals surface area (Å²) in [5.41, 5.74) is 0.729. The predicted octanol–water partition coefficient (Wildman–Crippen LogP) is 3.97. The molecule has 31 heavy (non-hydrogen) atoms. The molecule has 0 radical (unpaired) electrons. The zero-order valence-corrected chi connectivity index (χ0v) is 15.8. The van der Waals surface area contributed by atoms with E-state index in [9.17, 15) is 24.1 Å². The molecular weight excluding hydrogens is 405 g/mol. The summed E-state index contributed by atoms with van der Waals surface area (Å²) in [5, 5.41) is 17.0. The maximum Gasteiger partial charge on any atom is 0.295 e. The van der Waals surface area contributed by atoms with Gasteiger partial charge in [0.05, 0.1) is 22.3 Å². The summed E-state index contributed by atoms with van der Waals surface area (Å²) in [6, 6.07) is 14.5. The summed E-state index contributed by atoms with van der Waals surface area (Å²) in [6.07, 6.45) is 1.10. The smallest absolute Gasteiger partial charge is 0.295 e. The standard InChI is InChI=1S/C21H14FN5O4/c22-13-6-4-12(5-7-13)20(28)26-15-3-1-2-14(10-15)25-16-8-9-17(27(30)31)19-18(16)21(29)24-11-23-19/h1-11,25H,(H,26,28)(H,23,24,29). The molecule has 1 heterocycles. The second-order valence-corrected chi connectivity index (χ2v) is 6.51. The fourth-order valence-corrected chi connectivity index (χ4v) is 3.05. The lowest BCUT2D eigenvalue weighted by molar-refractivity contribution is -0.383. The van der Waals surface area contributed by atoms with E-state index in [2.05, 4.69) is 20.6 Å². The number of nitrogens with zero attached hydrogens (tertiary/aromatic N) is 2. The van der Waals surface area contributed by atoms with E-state index in [1.165, 1.54) is 36.4 Å². The topological polar surface area (TPSA) is 130 Å². The summed E-state index contributed by atoms with van der Waals surface area (Å²) in [6.45, 7) is 0. The van der Waals surface area contributed by atoms with Gasteiger partial charge in [0.15, 0.2) is 5.52 Å². The van der Waals surface area contributed by atoms with Gasteiger partial charge in [-0.1, -0.05) is 6.07 Å². The highest BCUT2D eigenvalue weighted by Gasteiger charge is 2.18. The first-order chi connectivity index (χ1) is 14.9. The molecule has 3 aromatic carbocycles. The van der Waals surface area contributed by atoms with Crippen molar-refractivity contribution in [3.63, 3.8) is 0 Å². The Balaban J connectivity index is 1.64. The zero-order valence-electron chi connectivity index (χ0n) is 15.8. The molecular formula is C21H14FN5O4. The lowest BCUT2D eigenvalue weighted by Crippen LogP contribution is -2.12. The van der Waals surface area contributed by atoms with E-state index in [1.807, 2.05) is 0 Å². The van der Waals surface area contributed by atoms with Crippen molar-refractivity contribution in [2.24, 2.45) is 0 Å². The molecule has 1 aromatic heterocycles. The summed E-state index contributed by atoms with van der Waals surface area (Å²) in [4.78, 5) is 41.7. The van der Waals surface area contributed by atoms with Gasteiger partial charge in [0, 0.05) is 23.0 Å². The molecule has 0 saturated carbocycles. The first kappa shape index (κ1) is 19.7. The Kier molecular flexibility index (Phi) is 5.10. The number of rotatable bonds is 5. The summed E-state index contributed by atoms with van der Waals surface area (Å²) in [7, 11) is 0. The van der Waals surface area contributed by atoms with Gasteiger partial charge in [0.1, 0.15) is 5.82 Å². The van der Waals surface area contributed by atoms with Gasteiger partial charge in [0.2, 0.25) is 0 Å². The molecule has 1 amide bonds. The Labute approximate surface area is 173 Å². The van der Waals surface area contributed by atoms with E-state index in [-0.39, 0.29) is 16.6 Å². The number of halogens is 1. The quantitative estimate of drug-likeness (QED) is 0.332. The summed E-state index contributed by atoms with van der Waals surface area (Å²) < 4.78 is 13.0. The van der Waals surface area contributed by atoms with Crippen LogP contribution in [0.1, 0.15) is 10.4 Å². The number of aromatic amines is 1. The van der Waals surface area contributed by atoms with Crippen LogP contribution in [0.4, 0.5) is 27.1 Å². The SMILES string of the molecule is O=C(Nc1cccc(Nc2ccc([N+](=O)[O-])c3nc[nH]c(=O)c23)c1)c1ccc(F)cc1. The molecule has 0 saturated heterocycles. The third-order valence-corrected chi connectivity index (χ3v) is 4.48. The molecule has 9 nitrogen and oxygen atoms in total. The second kappa shape index (κ2) is 8.03. The van der Waals surface area contributed by atoms with Gasteiger partial charge in [-0.25, -0.2) is 9.37 Å². The predicted molar refractivity (Wildman–Crippen MR) is 113 cm³/mol. The molecule has 0 aliphatic rings. The molecule has 0 unspecified atom stereocenters. The van der Waals surface area contributed by atoms with Crippen molar-refractivity contribution in [3.8, 4) is 0 Å². The maximum atomic E-state index is 13.0. The van der Waals surface area contributed by atoms with Crippen LogP contribution in [0.2, 0.25) is 0 Å². The van der Waals surface area contributed by atoms with E-state index in [0.717, 1.165) is 6.33 Å². The first-order valence-electron chi connectivity index (χ1n) is 9.01. The van der Waals surface area contributed by atoms with E-state index in [4.69, 9.17) is 0 Å². The van der Waals surface area contributed by atoms with Crippen molar-refractivity contribution in [3.05, 3.63) is 98.8 Å². The number of H-pyrrole nitrogens is 1. The number of benzene rings is 3. The third kappa shape index (κ3) is 4.08. The minimum Gasteiger partial charge on any atom is -0.355 e. The number of fused-ring (bicyclic) bond motifs is 1. The Hall–Kier alpha value is -4.60. The van der Waals surface area contributed by atoms with Gasteiger partial charge in [-0.15, -0.1) is 0 Å². The van der Waals surface area contributed by atoms with Crippen LogP contribution in [0.25, 0.3) is 10.9 Å². The molecule has 0 bridgehead atoms. The minimum atomic E-state index is -0.607. The third-order valence-electron chi connectivity index (χ3n) is 4.48. The molecule has 0 spiro atoms. The Bertz CT molecular complexity index is 1370. The van der Waals surface area contributed by atoms with Gasteiger partial charge < -0.3 is 15.6 Å². The van der Waals surface area contributed by atoms with Crippen LogP contribution in [0.15, 0.2) is 71.8 Å². The van der Waals surface area contributed by atoms with Crippen LogP contribution >= 0.6 is 0 Å². The number of nitro benzene ring substituents is 1. The number of carbonyl (C=O) groups excluding carboxylic acids is 1. The zero-order chi connectivity index (χ0) is 22.0. The Morgan fingerprint density at radius 2 is 1.81 bits per heavy atom. The average Bonchev–Trinajstić information content (AvgIpc) is 2.74. The molecule has 0 aliphatic carbocycles. The molecule has 0 atom stereocenters. The fraction of sp³-hybridized carbons (Fsp3) is 0. The van der Waals surface area contributed by atoms with Crippen LogP contribution in [0.5, 0.6) is 0 Å². The Morgan fingerprint density at radius 3 is 2.55 bits per heavy atom. The second-order valence-electron chi connectivity index (χ2n) is 6.51. The van der Waals surface area contributed by atoms with Gasteiger partial charge in [0.25, 0.3) is 17.2 Å². The van der Waals surface area contributed by atoms with E-state index < -0.39 is 22.2 Å². The molecule has 3 N–H and O–H groups in total. The van der Waals surface area contributed by atoms with Crippen LogP contribution in [0.3, 0.4) is 0 Å². The number of hydrogen-bond acceptors (Lipinski definition) is 6. The van der Waals surface area contributed by atoms with E-state index in [0.29, 0.717) is 22.6 Å². The maximum absolute atomic E-state index is 13.0. The summed E-state index contributed by atoms with van der Waals surface area (Å²) >= 11 is 0. The van der Waals surface area contributed by atoms with Crippen LogP contribution in [-0.4, -0.2) is 20.8 Å². The number of hydrogen-bond donors (Lipinski definition) is 3. The van der Waals surface area contributed by atoms with Crippen molar-refractivity contribution >= 4 is 39.6 Å². The van der Waals surface area contributed by atoms with Crippen molar-refractivity contribution in [2.45, 2.75) is 0 Å². The highest BCUT2D eigenvalue weighted by molar-refractivity contribution is 6.04. The molecule has 0 aliphatic heterocycles. The van der Waals surface area contributed by atoms with Crippen molar-refractivity contribution in [1.29, 1.82) is 0 Å². The molecule has 4 rings (SSSR count). The van der Waals surface area contributed by atoms with Crippen LogP contribution < -0.4 is 16.2 Å². The average molecular weight is 419 g/mol. The number of anilines is 3. The number of nitrogens with one attached hydrogen (secondary N) is 3. The number of aromatic nitrogens is 2. The fourth-order valence-electron chi connectivity index (χ4n) is 3.05. The van der Waals surface area contributed by atoms with Gasteiger partial charge >= 0.3 is 0 Å². The van der Waals surface area contributed by atoms with Gasteiger partial charge in [-0.3, -0.25) is 19.7 Å². The molecule has 4 aromatic rings. The van der Waals surface area contributed by atoms with Gasteiger partial charge in [-0.2, -0.15) is 0 Å². The van der Waals surface area contributed by atoms with Crippen molar-refractivity contribution < 1.29 is 14.1 Å². The van der Waals surface area contributed by atoms with Crippen LogP contribution in [0, 0.1) is 15.9 Å². The number of non-ortho nitro benzene ring substituents is 1. The monoisotopic (exact) mass is 419 g/mol. The van der Waals surface area contributed by atoms with Crippen LogP contribution in [-0.2, 0) is 0 Å². The normalized spacial score (nSPS) is 10.6. The van der Waals surface area contributed by atoms with Gasteiger partial charge in [-0.05, 0) is 48.5 Å². The van der Waals surface area contributed by atoms with Crippen molar-refractivity contribution in [2.75, 3.05) is 10.6 Å². The van der Waals surface area contributed by atoms with E-state index >= 15 is 0 Å². The minimum absolute atomic E-state index is 0.0393. The molecule has 0 fully saturated rings. The van der Waals surface area contributed by atoms with E-state index in [1.54, 1.807) is 24.3 Å². The number of nitro groups is 1. The summed E-state index contributed by atoms with van der Waals surface area (Å²) in [5.74, 6) is -0.860. The largest absolute Gasteiger partial charge is 0.355 e. The van der Waals surface area contributed by atoms with Crippen molar-refractivity contribution in [1.82, 2.24) is 9.97 Å². The highest BCUT2D eigenvalue weighted by atomic mass is 19.1. The number of carbonyl (C=O) groups is 1. The first-order valence-corrected chi connectivity index (χ1v) is 9.01. The highest BCUT2D eigenvalue weighted by Crippen LogP contribution is 2.30. The molecule has 154 valence electrons. The number of amides is 1. The lowest BCUT2D eigenvalue weighted by atomic mass is 10.1. The molecule has 10 heteroatoms. The lowest BCUT2D eigenvalue weighted by Gasteiger charge is -2.11. The Morgan fingerprint density at radius 1 is 1.06 bits per heavy atom.